The first-order chi connectivity index (χ1) is 30.6. The van der Waals surface area contributed by atoms with Gasteiger partial charge in [0.1, 0.15) is 0 Å². The largest absolute Gasteiger partial charge is 0.0591 e. The average Bonchev–Trinajstić information content (AvgIpc) is 3.24. The third kappa shape index (κ3) is 21.2. The highest BCUT2D eigenvalue weighted by Gasteiger charge is 1.99. The van der Waals surface area contributed by atoms with Crippen molar-refractivity contribution in [1.29, 1.82) is 0 Å². The predicted molar refractivity (Wildman–Crippen MR) is 299 cm³/mol. The summed E-state index contributed by atoms with van der Waals surface area (Å²) in [4.78, 5) is 0. The van der Waals surface area contributed by atoms with E-state index in [-0.39, 0.29) is 0 Å². The Bertz CT molecular complexity index is 2340. The molecule has 0 radical (unpaired) electrons. The summed E-state index contributed by atoms with van der Waals surface area (Å²) in [5.41, 5.74) is 33.2. The molecule has 354 valence electrons. The first-order valence-corrected chi connectivity index (χ1v) is 23.9. The molecule has 0 atom stereocenters. The van der Waals surface area contributed by atoms with E-state index < -0.39 is 0 Å². The van der Waals surface area contributed by atoms with Gasteiger partial charge in [0, 0.05) is 0 Å². The summed E-state index contributed by atoms with van der Waals surface area (Å²) in [6, 6.07) is 39.2. The number of benzene rings is 7. The molecule has 0 heteroatoms. The highest BCUT2D eigenvalue weighted by molar-refractivity contribution is 5.39. The van der Waals surface area contributed by atoms with Crippen molar-refractivity contribution in [3.8, 4) is 0 Å². The lowest BCUT2D eigenvalue weighted by atomic mass is 10.0. The van der Waals surface area contributed by atoms with Crippen LogP contribution < -0.4 is 0 Å². The summed E-state index contributed by atoms with van der Waals surface area (Å²) in [7, 11) is 0. The van der Waals surface area contributed by atoms with Gasteiger partial charge in [-0.25, -0.2) is 0 Å². The molecule has 0 N–H and O–H groups in total. The van der Waals surface area contributed by atoms with Crippen LogP contribution in [0.15, 0.2) is 109 Å². The van der Waals surface area contributed by atoms with Crippen LogP contribution in [-0.4, -0.2) is 0 Å². The molecule has 0 aliphatic rings. The van der Waals surface area contributed by atoms with Gasteiger partial charge in [-0.3, -0.25) is 0 Å². The van der Waals surface area contributed by atoms with E-state index in [9.17, 15) is 0 Å². The number of hydrogen-bond acceptors (Lipinski definition) is 0. The topological polar surface area (TPSA) is 0 Å². The minimum absolute atomic E-state index is 1.33. The minimum Gasteiger partial charge on any atom is -0.0591 e. The molecule has 0 heterocycles. The van der Waals surface area contributed by atoms with Crippen molar-refractivity contribution in [3.63, 3.8) is 0 Å². The molecule has 7 aromatic rings. The highest BCUT2D eigenvalue weighted by atomic mass is 14.1. The Hall–Kier alpha value is -5.46. The number of rotatable bonds is 0. The Labute approximate surface area is 407 Å². The molecule has 0 fully saturated rings. The zero-order valence-electron chi connectivity index (χ0n) is 46.4. The fourth-order valence-electron chi connectivity index (χ4n) is 7.12. The normalized spacial score (nSPS) is 9.82. The van der Waals surface area contributed by atoms with E-state index in [4.69, 9.17) is 0 Å². The van der Waals surface area contributed by atoms with Gasteiger partial charge >= 0.3 is 0 Å². The number of aryl methyl sites for hydroxylation is 20. The average molecular weight is 883 g/mol. The summed E-state index contributed by atoms with van der Waals surface area (Å²) >= 11 is 0. The van der Waals surface area contributed by atoms with Gasteiger partial charge in [-0.2, -0.15) is 0 Å². The van der Waals surface area contributed by atoms with E-state index in [1.807, 2.05) is 0 Å². The Morgan fingerprint density at radius 1 is 0.136 bits per heavy atom. The van der Waals surface area contributed by atoms with E-state index in [0.717, 1.165) is 0 Å². The van der Waals surface area contributed by atoms with Crippen molar-refractivity contribution in [3.05, 3.63) is 243 Å². The smallest absolute Gasteiger partial charge is 0.0392 e. The van der Waals surface area contributed by atoms with E-state index in [0.29, 0.717) is 0 Å². The third-order valence-corrected chi connectivity index (χ3v) is 13.1. The lowest BCUT2D eigenvalue weighted by Crippen LogP contribution is -1.88. The first kappa shape index (κ1) is 58.6. The van der Waals surface area contributed by atoms with E-state index >= 15 is 0 Å². The van der Waals surface area contributed by atoms with Gasteiger partial charge in [0.05, 0.1) is 0 Å². The highest BCUT2D eigenvalue weighted by Crippen LogP contribution is 2.17. The Kier molecular flexibility index (Phi) is 25.3. The number of hydrogen-bond donors (Lipinski definition) is 0. The van der Waals surface area contributed by atoms with Crippen molar-refractivity contribution in [2.75, 3.05) is 0 Å². The molecular formula is C66H90. The van der Waals surface area contributed by atoms with E-state index in [1.54, 1.807) is 0 Å². The third-order valence-electron chi connectivity index (χ3n) is 13.1. The van der Waals surface area contributed by atoms with Crippen LogP contribution in [0.25, 0.3) is 0 Å². The van der Waals surface area contributed by atoms with Crippen LogP contribution in [0.3, 0.4) is 0 Å². The van der Waals surface area contributed by atoms with Gasteiger partial charge in [0.2, 0.25) is 0 Å². The van der Waals surface area contributed by atoms with Gasteiger partial charge in [-0.05, 0) is 266 Å². The fraction of sp³-hybridized carbons (Fsp3) is 0.364. The maximum Gasteiger partial charge on any atom is -0.0392 e. The molecule has 0 spiro atoms. The predicted octanol–water partition coefficient (Wildman–Crippen LogP) is 19.2. The molecule has 0 saturated carbocycles. The molecule has 0 amide bonds. The zero-order valence-corrected chi connectivity index (χ0v) is 46.4. The summed E-state index contributed by atoms with van der Waals surface area (Å²) in [6.07, 6.45) is 0. The molecular weight excluding hydrogens is 793 g/mol. The molecule has 7 rings (SSSR count). The van der Waals surface area contributed by atoms with Crippen LogP contribution in [0, 0.1) is 166 Å². The Morgan fingerprint density at radius 2 is 0.333 bits per heavy atom. The second-order valence-electron chi connectivity index (χ2n) is 19.3. The van der Waals surface area contributed by atoms with Gasteiger partial charge in [-0.1, -0.05) is 143 Å². The molecule has 0 aliphatic carbocycles. The monoisotopic (exact) mass is 883 g/mol. The van der Waals surface area contributed by atoms with Crippen molar-refractivity contribution in [2.45, 2.75) is 166 Å². The van der Waals surface area contributed by atoms with Crippen molar-refractivity contribution >= 4 is 0 Å². The molecule has 0 nitrogen and oxygen atoms in total. The van der Waals surface area contributed by atoms with Crippen LogP contribution in [0.5, 0.6) is 0 Å². The Balaban J connectivity index is 0.000000385. The molecule has 0 bridgehead atoms. The van der Waals surface area contributed by atoms with E-state index in [1.165, 1.54) is 134 Å². The summed E-state index contributed by atoms with van der Waals surface area (Å²) in [5.74, 6) is 0. The fourth-order valence-corrected chi connectivity index (χ4v) is 7.12. The Morgan fingerprint density at radius 3 is 0.561 bits per heavy atom. The molecule has 0 aliphatic heterocycles. The maximum atomic E-state index is 2.24. The van der Waals surface area contributed by atoms with Crippen LogP contribution in [0.4, 0.5) is 0 Å². The second-order valence-corrected chi connectivity index (χ2v) is 19.3. The minimum atomic E-state index is 1.33. The SMILES string of the molecule is Cc1cc(C)c(C)c(C)c1.Cc1cc(C)c(C)c(C)c1.Cc1cc(C)c(C)cc1C.Cc1ccc(C)c(C)c1.Cc1ccc(C)c(C)c1.Cc1ccc(C)c(C)c1C.Cc1ccc(C)cc1. The van der Waals surface area contributed by atoms with Crippen molar-refractivity contribution in [2.24, 2.45) is 0 Å². The van der Waals surface area contributed by atoms with Crippen LogP contribution >= 0.6 is 0 Å². The van der Waals surface area contributed by atoms with Crippen molar-refractivity contribution < 1.29 is 0 Å². The lowest BCUT2D eigenvalue weighted by molar-refractivity contribution is 1.22. The molecule has 0 aromatic heterocycles. The van der Waals surface area contributed by atoms with Gasteiger partial charge in [0.25, 0.3) is 0 Å². The van der Waals surface area contributed by atoms with Crippen molar-refractivity contribution in [1.82, 2.24) is 0 Å². The van der Waals surface area contributed by atoms with E-state index in [2.05, 4.69) is 275 Å². The van der Waals surface area contributed by atoms with Crippen LogP contribution in [0.1, 0.15) is 134 Å². The summed E-state index contributed by atoms with van der Waals surface area (Å²) < 4.78 is 0. The maximum absolute atomic E-state index is 2.24. The van der Waals surface area contributed by atoms with Crippen LogP contribution in [-0.2, 0) is 0 Å². The van der Waals surface area contributed by atoms with Gasteiger partial charge in [-0.15, -0.1) is 0 Å². The zero-order chi connectivity index (χ0) is 50.6. The second kappa shape index (κ2) is 28.5. The molecule has 0 unspecified atom stereocenters. The molecule has 7 aromatic carbocycles. The molecule has 0 saturated heterocycles. The quantitative estimate of drug-likeness (QED) is 0.142. The molecule has 66 heavy (non-hydrogen) atoms. The van der Waals surface area contributed by atoms with Gasteiger partial charge in [0.15, 0.2) is 0 Å². The van der Waals surface area contributed by atoms with Crippen LogP contribution in [0.2, 0.25) is 0 Å². The standard InChI is InChI=1S/4C10H14.2C9H12.C8H10/c1-7-5-9(3)10(4)6-8(7)2;2*1-7-5-8(2)10(4)9(3)6-7;1-7-5-6-8(2)10(4)9(7)3;2*1-7-4-5-8(2)9(3)6-7;1-7-3-5-8(2)6-4-7/h4*5-6H,1-4H3;2*4-6H,1-3H3;3-6H,1-2H3. The first-order valence-electron chi connectivity index (χ1n) is 23.9. The lowest BCUT2D eigenvalue weighted by Gasteiger charge is -2.06. The summed E-state index contributed by atoms with van der Waals surface area (Å²) in [5, 5.41) is 0. The van der Waals surface area contributed by atoms with Gasteiger partial charge < -0.3 is 0 Å². The summed E-state index contributed by atoms with van der Waals surface area (Å²) in [6.45, 7) is 51.5.